The van der Waals surface area contributed by atoms with Crippen LogP contribution in [0.15, 0.2) is 29.2 Å². The number of furan rings is 1. The van der Waals surface area contributed by atoms with Crippen molar-refractivity contribution in [3.63, 3.8) is 0 Å². The van der Waals surface area contributed by atoms with E-state index in [1.807, 2.05) is 0 Å². The van der Waals surface area contributed by atoms with Crippen LogP contribution in [-0.2, 0) is 0 Å². The van der Waals surface area contributed by atoms with Crippen molar-refractivity contribution in [2.75, 3.05) is 13.1 Å². The Kier molecular flexibility index (Phi) is 3.43. The van der Waals surface area contributed by atoms with E-state index in [1.165, 1.54) is 18.5 Å². The first-order valence-electron chi connectivity index (χ1n) is 6.61. The fourth-order valence-corrected chi connectivity index (χ4v) is 2.48. The third kappa shape index (κ3) is 2.64. The first-order valence-corrected chi connectivity index (χ1v) is 6.61. The number of carboxylic acids is 1. The van der Waals surface area contributed by atoms with Crippen LogP contribution in [0.2, 0.25) is 0 Å². The second-order valence-corrected chi connectivity index (χ2v) is 4.89. The van der Waals surface area contributed by atoms with Crippen LogP contribution in [0.5, 0.6) is 0 Å². The fraction of sp³-hybridized carbons (Fsp3) is 0.385. The molecule has 8 heteroatoms. The van der Waals surface area contributed by atoms with Crippen molar-refractivity contribution < 1.29 is 19.1 Å². The van der Waals surface area contributed by atoms with E-state index in [4.69, 9.17) is 9.52 Å². The highest BCUT2D eigenvalue weighted by atomic mass is 16.4. The average molecular weight is 290 g/mol. The highest BCUT2D eigenvalue weighted by Gasteiger charge is 2.28. The lowest BCUT2D eigenvalue weighted by Crippen LogP contribution is -2.40. The minimum Gasteiger partial charge on any atom is -0.475 e. The Morgan fingerprint density at radius 3 is 2.81 bits per heavy atom. The number of nitrogens with zero attached hydrogens (tertiary/aromatic N) is 4. The molecule has 1 unspecified atom stereocenters. The van der Waals surface area contributed by atoms with E-state index in [0.29, 0.717) is 13.1 Å². The zero-order chi connectivity index (χ0) is 14.8. The lowest BCUT2D eigenvalue weighted by Gasteiger charge is -2.32. The van der Waals surface area contributed by atoms with Crippen LogP contribution >= 0.6 is 0 Å². The van der Waals surface area contributed by atoms with E-state index >= 15 is 0 Å². The SMILES string of the molecule is O=C(O)c1ccc(C(=O)N2CCCC(n3cncn3)C2)o1. The second kappa shape index (κ2) is 5.39. The van der Waals surface area contributed by atoms with E-state index < -0.39 is 5.97 Å². The molecule has 2 aromatic heterocycles. The van der Waals surface area contributed by atoms with Gasteiger partial charge in [0, 0.05) is 13.1 Å². The van der Waals surface area contributed by atoms with E-state index in [0.717, 1.165) is 12.8 Å². The van der Waals surface area contributed by atoms with Crippen molar-refractivity contribution in [3.8, 4) is 0 Å². The summed E-state index contributed by atoms with van der Waals surface area (Å²) in [6, 6.07) is 2.76. The molecule has 3 heterocycles. The van der Waals surface area contributed by atoms with Gasteiger partial charge in [0.25, 0.3) is 5.91 Å². The summed E-state index contributed by atoms with van der Waals surface area (Å²) < 4.78 is 6.80. The predicted octanol–water partition coefficient (Wildman–Crippen LogP) is 1.05. The molecule has 1 N–H and O–H groups in total. The molecular weight excluding hydrogens is 276 g/mol. The van der Waals surface area contributed by atoms with Crippen LogP contribution in [0.4, 0.5) is 0 Å². The molecule has 0 radical (unpaired) electrons. The largest absolute Gasteiger partial charge is 0.475 e. The molecule has 1 aliphatic heterocycles. The molecule has 0 aliphatic carbocycles. The Morgan fingerprint density at radius 2 is 2.14 bits per heavy atom. The molecule has 1 aliphatic rings. The molecule has 1 atom stereocenters. The monoisotopic (exact) mass is 290 g/mol. The lowest BCUT2D eigenvalue weighted by molar-refractivity contribution is 0.0618. The van der Waals surface area contributed by atoms with Crippen molar-refractivity contribution in [1.82, 2.24) is 19.7 Å². The maximum atomic E-state index is 12.3. The maximum absolute atomic E-state index is 12.3. The quantitative estimate of drug-likeness (QED) is 0.906. The number of carboxylic acid groups (broad SMARTS) is 1. The molecule has 3 rings (SSSR count). The summed E-state index contributed by atoms with van der Waals surface area (Å²) >= 11 is 0. The van der Waals surface area contributed by atoms with Gasteiger partial charge in [0.1, 0.15) is 12.7 Å². The minimum absolute atomic E-state index is 0.0478. The van der Waals surface area contributed by atoms with Crippen LogP contribution < -0.4 is 0 Å². The van der Waals surface area contributed by atoms with Crippen LogP contribution in [0.3, 0.4) is 0 Å². The number of piperidine rings is 1. The summed E-state index contributed by atoms with van der Waals surface area (Å²) in [5, 5.41) is 12.9. The predicted molar refractivity (Wildman–Crippen MR) is 69.9 cm³/mol. The van der Waals surface area contributed by atoms with Crippen molar-refractivity contribution in [1.29, 1.82) is 0 Å². The molecule has 0 bridgehead atoms. The number of carbonyl (C=O) groups is 2. The molecule has 1 amide bonds. The van der Waals surface area contributed by atoms with Crippen LogP contribution in [-0.4, -0.2) is 49.7 Å². The summed E-state index contributed by atoms with van der Waals surface area (Å²) in [6.45, 7) is 1.12. The van der Waals surface area contributed by atoms with Gasteiger partial charge in [-0.15, -0.1) is 0 Å². The highest BCUT2D eigenvalue weighted by molar-refractivity contribution is 5.93. The van der Waals surface area contributed by atoms with Crippen LogP contribution in [0.25, 0.3) is 0 Å². The standard InChI is InChI=1S/C13H14N4O4/c18-12(10-3-4-11(21-10)13(19)20)16-5-1-2-9(6-16)17-8-14-7-15-17/h3-4,7-9H,1-2,5-6H2,(H,19,20). The molecule has 21 heavy (non-hydrogen) atoms. The number of aromatic carboxylic acids is 1. The van der Waals surface area contributed by atoms with Crippen molar-refractivity contribution in [3.05, 3.63) is 36.3 Å². The molecule has 1 fully saturated rings. The van der Waals surface area contributed by atoms with Gasteiger partial charge in [-0.1, -0.05) is 0 Å². The Labute approximate surface area is 120 Å². The molecule has 0 saturated carbocycles. The first kappa shape index (κ1) is 13.3. The number of rotatable bonds is 3. The van der Waals surface area contributed by atoms with Gasteiger partial charge in [0.05, 0.1) is 6.04 Å². The summed E-state index contributed by atoms with van der Waals surface area (Å²) in [5.74, 6) is -1.67. The second-order valence-electron chi connectivity index (χ2n) is 4.89. The summed E-state index contributed by atoms with van der Waals surface area (Å²) in [4.78, 5) is 28.7. The number of aromatic nitrogens is 3. The highest BCUT2D eigenvalue weighted by Crippen LogP contribution is 2.22. The lowest BCUT2D eigenvalue weighted by atomic mass is 10.1. The van der Waals surface area contributed by atoms with Gasteiger partial charge in [-0.2, -0.15) is 5.10 Å². The van der Waals surface area contributed by atoms with E-state index in [9.17, 15) is 9.59 Å². The summed E-state index contributed by atoms with van der Waals surface area (Å²) in [6.07, 6.45) is 4.87. The zero-order valence-corrected chi connectivity index (χ0v) is 11.2. The smallest absolute Gasteiger partial charge is 0.371 e. The van der Waals surface area contributed by atoms with Gasteiger partial charge in [-0.3, -0.25) is 4.79 Å². The van der Waals surface area contributed by atoms with Crippen molar-refractivity contribution in [2.24, 2.45) is 0 Å². The van der Waals surface area contributed by atoms with Gasteiger partial charge in [-0.25, -0.2) is 14.5 Å². The number of carbonyl (C=O) groups excluding carboxylic acids is 1. The van der Waals surface area contributed by atoms with Gasteiger partial charge in [0.15, 0.2) is 5.76 Å². The van der Waals surface area contributed by atoms with Gasteiger partial charge in [0.2, 0.25) is 5.76 Å². The van der Waals surface area contributed by atoms with Crippen LogP contribution in [0, 0.1) is 0 Å². The fourth-order valence-electron chi connectivity index (χ4n) is 2.48. The average Bonchev–Trinajstić information content (AvgIpc) is 3.18. The molecule has 8 nitrogen and oxygen atoms in total. The number of hydrogen-bond acceptors (Lipinski definition) is 5. The Hall–Kier alpha value is -2.64. The van der Waals surface area contributed by atoms with E-state index in [2.05, 4.69) is 10.1 Å². The van der Waals surface area contributed by atoms with Gasteiger partial charge >= 0.3 is 5.97 Å². The topological polar surface area (TPSA) is 101 Å². The first-order chi connectivity index (χ1) is 10.1. The molecule has 110 valence electrons. The van der Waals surface area contributed by atoms with Crippen molar-refractivity contribution >= 4 is 11.9 Å². The minimum atomic E-state index is -1.19. The molecule has 0 aromatic carbocycles. The summed E-state index contributed by atoms with van der Waals surface area (Å²) in [5.41, 5.74) is 0. The Bertz CT molecular complexity index is 649. The molecular formula is C13H14N4O4. The zero-order valence-electron chi connectivity index (χ0n) is 11.2. The van der Waals surface area contributed by atoms with Gasteiger partial charge < -0.3 is 14.4 Å². The third-order valence-electron chi connectivity index (χ3n) is 3.52. The number of likely N-dealkylation sites (tertiary alicyclic amines) is 1. The molecule has 2 aromatic rings. The summed E-state index contributed by atoms with van der Waals surface area (Å²) in [7, 11) is 0. The van der Waals surface area contributed by atoms with Gasteiger partial charge in [-0.05, 0) is 25.0 Å². The Morgan fingerprint density at radius 1 is 1.33 bits per heavy atom. The van der Waals surface area contributed by atoms with Crippen LogP contribution in [0.1, 0.15) is 40.0 Å². The van der Waals surface area contributed by atoms with E-state index in [-0.39, 0.29) is 23.5 Å². The molecule has 1 saturated heterocycles. The van der Waals surface area contributed by atoms with E-state index in [1.54, 1.807) is 15.9 Å². The Balaban J connectivity index is 1.73. The van der Waals surface area contributed by atoms with Crippen molar-refractivity contribution in [2.45, 2.75) is 18.9 Å². The normalized spacial score (nSPS) is 18.7. The maximum Gasteiger partial charge on any atom is 0.371 e. The third-order valence-corrected chi connectivity index (χ3v) is 3.52. The number of amides is 1. The number of hydrogen-bond donors (Lipinski definition) is 1. The molecule has 0 spiro atoms.